The van der Waals surface area contributed by atoms with Crippen LogP contribution >= 0.6 is 0 Å². The summed E-state index contributed by atoms with van der Waals surface area (Å²) >= 11 is 0. The second kappa shape index (κ2) is 19.0. The molecule has 6 aliphatic heterocycles. The molecule has 8 heterocycles. The summed E-state index contributed by atoms with van der Waals surface area (Å²) in [4.78, 5) is 30.8. The van der Waals surface area contributed by atoms with Gasteiger partial charge in [0.05, 0.1) is 45.9 Å². The van der Waals surface area contributed by atoms with E-state index in [-0.39, 0.29) is 16.2 Å². The van der Waals surface area contributed by atoms with Gasteiger partial charge in [-0.25, -0.2) is 0 Å². The van der Waals surface area contributed by atoms with E-state index in [4.69, 9.17) is 29.2 Å². The molecule has 3 spiro atoms. The zero-order chi connectivity index (χ0) is 57.1. The number of aliphatic imine (C=N–C) groups is 3. The maximum atomic E-state index is 6.88. The summed E-state index contributed by atoms with van der Waals surface area (Å²) < 4.78 is 20.4. The molecule has 11 heteroatoms. The molecule has 414 valence electrons. The number of likely N-dealkylation sites (N-methyl/N-ethyl adjacent to an activating group) is 1. The van der Waals surface area contributed by atoms with Crippen molar-refractivity contribution >= 4 is 85.3 Å². The first-order chi connectivity index (χ1) is 39.4. The molecule has 0 bridgehead atoms. The molecule has 0 saturated carbocycles. The van der Waals surface area contributed by atoms with Gasteiger partial charge in [-0.3, -0.25) is 24.9 Å². The number of hydrogen-bond acceptors (Lipinski definition) is 11. The number of hydrogen-bond donors (Lipinski definition) is 0. The average Bonchev–Trinajstić information content (AvgIpc) is 1.95. The number of rotatable bonds is 4. The number of benzene rings is 7. The standard InChI is InChI=1S/C25H27N3O.C24H25N3O.C22H20N2O/c1-6-12-28-21-14-17(3)16(2)13-19(21)24(4,5)25(28)15-27-23-18-8-7-11-26-20(18)9-10-22(23)29-25;1-5-13-27-20-10-8-16(2)14-18(20)23(3,4)24(27)15-26-22-17-7-6-12-25-19(17)9-11-21(22)28-24;1-21(2)17-10-6-7-11-18(17)24(3)22(21)14-23-20-16-9-5-4-8-15(16)12-13-19(20)25-22/h7-11,13-15H,6,12H2,1-5H3;6-12,14-15H,5,13H2,1-4H3;4-14H,1-3H3. The van der Waals surface area contributed by atoms with Gasteiger partial charge in [-0.1, -0.05) is 86.1 Å². The number of para-hydroxylation sites is 1. The fourth-order valence-corrected chi connectivity index (χ4v) is 13.9. The molecule has 0 radical (unpaired) electrons. The number of aromatic nitrogens is 2. The molecule has 0 amide bonds. The van der Waals surface area contributed by atoms with Gasteiger partial charge in [-0.05, 0) is 181 Å². The van der Waals surface area contributed by atoms with E-state index in [1.54, 1.807) is 0 Å². The van der Waals surface area contributed by atoms with Crippen LogP contribution in [0.5, 0.6) is 17.2 Å². The fourth-order valence-electron chi connectivity index (χ4n) is 13.9. The van der Waals surface area contributed by atoms with Crippen molar-refractivity contribution in [1.29, 1.82) is 0 Å². The highest BCUT2D eigenvalue weighted by molar-refractivity contribution is 6.02. The lowest BCUT2D eigenvalue weighted by Crippen LogP contribution is -2.62. The highest BCUT2D eigenvalue weighted by Gasteiger charge is 2.62. The van der Waals surface area contributed by atoms with Crippen molar-refractivity contribution in [3.63, 3.8) is 0 Å². The van der Waals surface area contributed by atoms with Gasteiger partial charge in [-0.15, -0.1) is 0 Å². The van der Waals surface area contributed by atoms with E-state index >= 15 is 0 Å². The molecular formula is C71H72N8O3. The molecule has 7 aromatic carbocycles. The lowest BCUT2D eigenvalue weighted by atomic mass is 9.77. The molecule has 6 aliphatic rings. The summed E-state index contributed by atoms with van der Waals surface area (Å²) in [6, 6.07) is 48.4. The summed E-state index contributed by atoms with van der Waals surface area (Å²) in [6.07, 6.45) is 11.7. The van der Waals surface area contributed by atoms with Gasteiger partial charge < -0.3 is 28.9 Å². The maximum Gasteiger partial charge on any atom is 0.228 e. The normalized spacial score (nSPS) is 21.9. The Bertz CT molecular complexity index is 4160. The molecule has 15 rings (SSSR count). The molecule has 0 N–H and O–H groups in total. The Kier molecular flexibility index (Phi) is 12.2. The SMILES string of the molecule is CCCN1c2cc(C)c(C)cc2C(C)(C)C12C=Nc1c(ccc3ncccc13)O2.CCCN1c2ccc(C)cc2C(C)(C)C12C=Nc1c(ccc3ncccc13)O2.CN1c2ccccc2C(C)(C)C12C=Nc1c(ccc3ccccc13)O2. The fraction of sp³-hybridized carbons (Fsp3) is 0.310. The molecule has 0 saturated heterocycles. The van der Waals surface area contributed by atoms with E-state index in [2.05, 4.69) is 193 Å². The van der Waals surface area contributed by atoms with Crippen LogP contribution in [0.4, 0.5) is 34.1 Å². The lowest BCUT2D eigenvalue weighted by Gasteiger charge is -2.46. The minimum atomic E-state index is -0.644. The smallest absolute Gasteiger partial charge is 0.228 e. The minimum Gasteiger partial charge on any atom is -0.459 e. The third kappa shape index (κ3) is 7.49. The average molecular weight is 1090 g/mol. The van der Waals surface area contributed by atoms with Gasteiger partial charge in [0.25, 0.3) is 0 Å². The number of anilines is 3. The zero-order valence-corrected chi connectivity index (χ0v) is 49.3. The molecule has 9 aromatic rings. The molecule has 3 atom stereocenters. The highest BCUT2D eigenvalue weighted by Crippen LogP contribution is 2.58. The quantitative estimate of drug-likeness (QED) is 0.172. The van der Waals surface area contributed by atoms with Crippen molar-refractivity contribution in [2.45, 2.75) is 122 Å². The molecule has 11 nitrogen and oxygen atoms in total. The monoisotopic (exact) mass is 1080 g/mol. The van der Waals surface area contributed by atoms with Gasteiger partial charge in [0, 0.05) is 65.8 Å². The number of fused-ring (bicyclic) bond motifs is 12. The molecular weight excluding hydrogens is 1010 g/mol. The number of nitrogens with zero attached hydrogens (tertiary/aromatic N) is 8. The van der Waals surface area contributed by atoms with E-state index in [1.165, 1.54) is 55.8 Å². The van der Waals surface area contributed by atoms with Crippen LogP contribution in [-0.2, 0) is 16.2 Å². The van der Waals surface area contributed by atoms with Gasteiger partial charge in [-0.2, -0.15) is 0 Å². The second-order valence-corrected chi connectivity index (χ2v) is 24.5. The van der Waals surface area contributed by atoms with Crippen LogP contribution in [0.15, 0.2) is 167 Å². The topological polar surface area (TPSA) is 100 Å². The van der Waals surface area contributed by atoms with Gasteiger partial charge in [0.15, 0.2) is 0 Å². The van der Waals surface area contributed by atoms with Gasteiger partial charge >= 0.3 is 0 Å². The molecule has 2 aromatic heterocycles. The third-order valence-corrected chi connectivity index (χ3v) is 18.7. The molecule has 3 unspecified atom stereocenters. The maximum absolute atomic E-state index is 6.88. The number of ether oxygens (including phenoxy) is 3. The summed E-state index contributed by atoms with van der Waals surface area (Å²) in [5, 5.41) is 4.36. The Labute approximate surface area is 482 Å². The molecule has 0 fully saturated rings. The molecule has 82 heavy (non-hydrogen) atoms. The Balaban J connectivity index is 0.000000116. The Morgan fingerprint density at radius 3 is 1.50 bits per heavy atom. The summed E-state index contributed by atoms with van der Waals surface area (Å²) in [7, 11) is 2.09. The third-order valence-electron chi connectivity index (χ3n) is 18.7. The summed E-state index contributed by atoms with van der Waals surface area (Å²) in [5.41, 5.74) is 13.5. The Morgan fingerprint density at radius 2 is 0.902 bits per heavy atom. The first kappa shape index (κ1) is 52.8. The first-order valence-electron chi connectivity index (χ1n) is 29.0. The first-order valence-corrected chi connectivity index (χ1v) is 29.0. The number of aryl methyl sites for hydroxylation is 3. The summed E-state index contributed by atoms with van der Waals surface area (Å²) in [6.45, 7) is 26.3. The largest absolute Gasteiger partial charge is 0.459 e. The highest BCUT2D eigenvalue weighted by atomic mass is 16.5. The predicted molar refractivity (Wildman–Crippen MR) is 338 cm³/mol. The summed E-state index contributed by atoms with van der Waals surface area (Å²) in [5.74, 6) is 2.49. The van der Waals surface area contributed by atoms with E-state index in [9.17, 15) is 0 Å². The van der Waals surface area contributed by atoms with Crippen LogP contribution in [0, 0.1) is 20.8 Å². The van der Waals surface area contributed by atoms with Crippen molar-refractivity contribution in [1.82, 2.24) is 9.97 Å². The van der Waals surface area contributed by atoms with E-state index in [0.717, 1.165) is 87.4 Å². The van der Waals surface area contributed by atoms with Crippen LogP contribution in [0.25, 0.3) is 32.6 Å². The van der Waals surface area contributed by atoms with Crippen molar-refractivity contribution in [3.05, 3.63) is 185 Å². The van der Waals surface area contributed by atoms with E-state index in [1.807, 2.05) is 85.6 Å². The lowest BCUT2D eigenvalue weighted by molar-refractivity contribution is 0.0777. The zero-order valence-electron chi connectivity index (χ0n) is 49.3. The Hall–Kier alpha value is -8.57. The molecule has 0 aliphatic carbocycles. The number of pyridine rings is 2. The van der Waals surface area contributed by atoms with Crippen molar-refractivity contribution < 1.29 is 14.2 Å². The van der Waals surface area contributed by atoms with E-state index in [0.29, 0.717) is 0 Å². The minimum absolute atomic E-state index is 0.217. The predicted octanol–water partition coefficient (Wildman–Crippen LogP) is 16.5. The van der Waals surface area contributed by atoms with Crippen molar-refractivity contribution in [3.8, 4) is 17.2 Å². The van der Waals surface area contributed by atoms with Crippen LogP contribution in [0.2, 0.25) is 0 Å². The van der Waals surface area contributed by atoms with E-state index < -0.39 is 17.2 Å². The van der Waals surface area contributed by atoms with Crippen LogP contribution in [0.1, 0.15) is 102 Å². The van der Waals surface area contributed by atoms with Crippen LogP contribution in [0.3, 0.4) is 0 Å². The second-order valence-electron chi connectivity index (χ2n) is 24.5. The van der Waals surface area contributed by atoms with Crippen molar-refractivity contribution in [2.75, 3.05) is 34.8 Å². The Morgan fingerprint density at radius 1 is 0.427 bits per heavy atom. The van der Waals surface area contributed by atoms with Crippen LogP contribution in [-0.4, -0.2) is 65.9 Å². The van der Waals surface area contributed by atoms with Crippen LogP contribution < -0.4 is 28.9 Å². The van der Waals surface area contributed by atoms with Gasteiger partial charge in [0.1, 0.15) is 34.3 Å². The van der Waals surface area contributed by atoms with Gasteiger partial charge in [0.2, 0.25) is 17.2 Å². The van der Waals surface area contributed by atoms with Crippen molar-refractivity contribution in [2.24, 2.45) is 15.0 Å².